The van der Waals surface area contributed by atoms with Gasteiger partial charge < -0.3 is 4.74 Å². The molecule has 0 aliphatic heterocycles. The lowest BCUT2D eigenvalue weighted by molar-refractivity contribution is 0.0276. The minimum absolute atomic E-state index is 0.0144. The number of nitrogens with zero attached hydrogens (tertiary/aromatic N) is 1. The average Bonchev–Trinajstić information content (AvgIpc) is 2.37. The van der Waals surface area contributed by atoms with Gasteiger partial charge in [-0.2, -0.15) is 5.26 Å². The number of hydrogen-bond donors (Lipinski definition) is 1. The summed E-state index contributed by atoms with van der Waals surface area (Å²) >= 11 is 0. The Balaban J connectivity index is 2.98. The van der Waals surface area contributed by atoms with Crippen LogP contribution in [0, 0.1) is 11.3 Å². The van der Waals surface area contributed by atoms with Crippen molar-refractivity contribution >= 4 is 10.0 Å². The van der Waals surface area contributed by atoms with E-state index >= 15 is 0 Å². The van der Waals surface area contributed by atoms with E-state index in [9.17, 15) is 8.42 Å². The molecule has 98 valence electrons. The summed E-state index contributed by atoms with van der Waals surface area (Å²) in [6, 6.07) is 7.94. The van der Waals surface area contributed by atoms with E-state index in [0.29, 0.717) is 0 Å². The molecular weight excluding hydrogens is 252 g/mol. The van der Waals surface area contributed by atoms with Gasteiger partial charge in [-0.1, -0.05) is 12.1 Å². The molecule has 5 nitrogen and oxygen atoms in total. The van der Waals surface area contributed by atoms with Crippen molar-refractivity contribution in [3.8, 4) is 6.07 Å². The summed E-state index contributed by atoms with van der Waals surface area (Å²) in [6.07, 6.45) is 0. The van der Waals surface area contributed by atoms with E-state index in [1.165, 1.54) is 19.2 Å². The molecule has 0 aromatic heterocycles. The smallest absolute Gasteiger partial charge is 0.241 e. The fraction of sp³-hybridized carbons (Fsp3) is 0.417. The van der Waals surface area contributed by atoms with E-state index in [-0.39, 0.29) is 17.0 Å². The molecule has 0 aliphatic carbocycles. The van der Waals surface area contributed by atoms with Crippen molar-refractivity contribution in [1.82, 2.24) is 4.72 Å². The quantitative estimate of drug-likeness (QED) is 0.872. The lowest BCUT2D eigenvalue weighted by Crippen LogP contribution is -2.39. The van der Waals surface area contributed by atoms with Crippen molar-refractivity contribution in [1.29, 1.82) is 5.26 Å². The van der Waals surface area contributed by atoms with Gasteiger partial charge in [-0.15, -0.1) is 0 Å². The highest BCUT2D eigenvalue weighted by Gasteiger charge is 2.23. The van der Waals surface area contributed by atoms with Crippen LogP contribution < -0.4 is 4.72 Å². The number of ether oxygens (including phenoxy) is 1. The Hall–Kier alpha value is -1.42. The third kappa shape index (κ3) is 3.53. The molecule has 0 aliphatic rings. The SMILES string of the molecule is COC(C)(C)CNS(=O)(=O)c1ccccc1C#N. The Morgan fingerprint density at radius 2 is 2.00 bits per heavy atom. The number of nitriles is 1. The highest BCUT2D eigenvalue weighted by Crippen LogP contribution is 2.15. The van der Waals surface area contributed by atoms with Crippen molar-refractivity contribution in [2.45, 2.75) is 24.3 Å². The van der Waals surface area contributed by atoms with Crippen molar-refractivity contribution in [3.05, 3.63) is 29.8 Å². The maximum atomic E-state index is 12.1. The van der Waals surface area contributed by atoms with Crippen LogP contribution in [0.15, 0.2) is 29.2 Å². The Labute approximate surface area is 107 Å². The summed E-state index contributed by atoms with van der Waals surface area (Å²) in [4.78, 5) is -0.0144. The second-order valence-electron chi connectivity index (χ2n) is 4.40. The minimum Gasteiger partial charge on any atom is -0.377 e. The van der Waals surface area contributed by atoms with Crippen LogP contribution in [0.25, 0.3) is 0 Å². The highest BCUT2D eigenvalue weighted by molar-refractivity contribution is 7.89. The van der Waals surface area contributed by atoms with Gasteiger partial charge in [0.25, 0.3) is 0 Å². The standard InChI is InChI=1S/C12H16N2O3S/c1-12(2,17-3)9-14-18(15,16)11-7-5-4-6-10(11)8-13/h4-7,14H,9H2,1-3H3. The van der Waals surface area contributed by atoms with Gasteiger partial charge in [0.1, 0.15) is 6.07 Å². The van der Waals surface area contributed by atoms with Crippen LogP contribution in [0.4, 0.5) is 0 Å². The summed E-state index contributed by atoms with van der Waals surface area (Å²) in [7, 11) is -2.19. The number of methoxy groups -OCH3 is 1. The molecular formula is C12H16N2O3S. The summed E-state index contributed by atoms with van der Waals surface area (Å²) in [5, 5.41) is 8.89. The van der Waals surface area contributed by atoms with Crippen LogP contribution in [-0.4, -0.2) is 27.7 Å². The average molecular weight is 268 g/mol. The molecule has 0 radical (unpaired) electrons. The summed E-state index contributed by atoms with van der Waals surface area (Å²) in [5.74, 6) is 0. The van der Waals surface area contributed by atoms with E-state index in [0.717, 1.165) is 0 Å². The van der Waals surface area contributed by atoms with Crippen LogP contribution in [0.5, 0.6) is 0 Å². The minimum atomic E-state index is -3.70. The van der Waals surface area contributed by atoms with Crippen LogP contribution >= 0.6 is 0 Å². The summed E-state index contributed by atoms with van der Waals surface area (Å²) < 4.78 is 31.7. The molecule has 0 heterocycles. The molecule has 0 atom stereocenters. The van der Waals surface area contributed by atoms with Gasteiger partial charge in [-0.25, -0.2) is 13.1 Å². The predicted molar refractivity (Wildman–Crippen MR) is 67.4 cm³/mol. The van der Waals surface area contributed by atoms with Crippen LogP contribution in [0.3, 0.4) is 0 Å². The molecule has 0 saturated heterocycles. The molecule has 1 aromatic carbocycles. The van der Waals surface area contributed by atoms with Crippen molar-refractivity contribution in [2.75, 3.05) is 13.7 Å². The lowest BCUT2D eigenvalue weighted by Gasteiger charge is -2.23. The Morgan fingerprint density at radius 3 is 2.56 bits per heavy atom. The molecule has 0 spiro atoms. The van der Waals surface area contributed by atoms with Gasteiger partial charge in [-0.05, 0) is 26.0 Å². The number of rotatable bonds is 5. The first kappa shape index (κ1) is 14.6. The third-order valence-electron chi connectivity index (χ3n) is 2.54. The normalized spacial score (nSPS) is 12.1. The molecule has 0 fully saturated rings. The molecule has 0 unspecified atom stereocenters. The number of sulfonamides is 1. The monoisotopic (exact) mass is 268 g/mol. The van der Waals surface area contributed by atoms with Crippen LogP contribution in [-0.2, 0) is 14.8 Å². The van der Waals surface area contributed by atoms with Crippen molar-refractivity contribution in [2.24, 2.45) is 0 Å². The van der Waals surface area contributed by atoms with Crippen molar-refractivity contribution < 1.29 is 13.2 Å². The van der Waals surface area contributed by atoms with E-state index in [4.69, 9.17) is 10.00 Å². The molecule has 6 heteroatoms. The van der Waals surface area contributed by atoms with E-state index < -0.39 is 15.6 Å². The van der Waals surface area contributed by atoms with Crippen LogP contribution in [0.2, 0.25) is 0 Å². The fourth-order valence-corrected chi connectivity index (χ4v) is 2.57. The maximum absolute atomic E-state index is 12.1. The lowest BCUT2D eigenvalue weighted by atomic mass is 10.1. The molecule has 1 N–H and O–H groups in total. The molecule has 0 amide bonds. The summed E-state index contributed by atoms with van der Waals surface area (Å²) in [6.45, 7) is 3.67. The van der Waals surface area contributed by atoms with Crippen molar-refractivity contribution in [3.63, 3.8) is 0 Å². The third-order valence-corrected chi connectivity index (χ3v) is 4.00. The first-order valence-electron chi connectivity index (χ1n) is 5.36. The van der Waals surface area contributed by atoms with Crippen LogP contribution in [0.1, 0.15) is 19.4 Å². The Bertz CT molecular complexity index is 559. The predicted octanol–water partition coefficient (Wildman–Crippen LogP) is 1.26. The van der Waals surface area contributed by atoms with E-state index in [1.54, 1.807) is 26.0 Å². The fourth-order valence-electron chi connectivity index (χ4n) is 1.21. The van der Waals surface area contributed by atoms with E-state index in [2.05, 4.69) is 4.72 Å². The van der Waals surface area contributed by atoms with Gasteiger partial charge in [0.15, 0.2) is 0 Å². The summed E-state index contributed by atoms with van der Waals surface area (Å²) in [5.41, 5.74) is -0.477. The Morgan fingerprint density at radius 1 is 1.39 bits per heavy atom. The van der Waals surface area contributed by atoms with Gasteiger partial charge >= 0.3 is 0 Å². The molecule has 1 aromatic rings. The molecule has 1 rings (SSSR count). The number of hydrogen-bond acceptors (Lipinski definition) is 4. The zero-order chi connectivity index (χ0) is 13.8. The number of nitrogens with one attached hydrogen (secondary N) is 1. The topological polar surface area (TPSA) is 79.2 Å². The number of benzene rings is 1. The highest BCUT2D eigenvalue weighted by atomic mass is 32.2. The largest absolute Gasteiger partial charge is 0.377 e. The first-order valence-corrected chi connectivity index (χ1v) is 6.85. The van der Waals surface area contributed by atoms with Gasteiger partial charge in [-0.3, -0.25) is 0 Å². The van der Waals surface area contributed by atoms with Gasteiger partial charge in [0, 0.05) is 13.7 Å². The van der Waals surface area contributed by atoms with Gasteiger partial charge in [0.2, 0.25) is 10.0 Å². The zero-order valence-electron chi connectivity index (χ0n) is 10.6. The van der Waals surface area contributed by atoms with E-state index in [1.807, 2.05) is 6.07 Å². The second-order valence-corrected chi connectivity index (χ2v) is 6.13. The zero-order valence-corrected chi connectivity index (χ0v) is 11.4. The Kier molecular flexibility index (Phi) is 4.46. The second kappa shape index (κ2) is 5.48. The molecule has 18 heavy (non-hydrogen) atoms. The first-order chi connectivity index (χ1) is 8.32. The molecule has 0 saturated carbocycles. The molecule has 0 bridgehead atoms. The van der Waals surface area contributed by atoms with Gasteiger partial charge in [0.05, 0.1) is 16.1 Å². The maximum Gasteiger partial charge on any atom is 0.241 e.